The number of carbonyl (C=O) groups is 1. The van der Waals surface area contributed by atoms with Gasteiger partial charge in [-0.3, -0.25) is 9.69 Å². The topological polar surface area (TPSA) is 56.6 Å². The van der Waals surface area contributed by atoms with Crippen LogP contribution in [0.4, 0.5) is 5.69 Å². The van der Waals surface area contributed by atoms with Crippen molar-refractivity contribution in [3.8, 4) is 11.8 Å². The van der Waals surface area contributed by atoms with Crippen LogP contribution in [0.15, 0.2) is 65.2 Å². The molecule has 5 nitrogen and oxygen atoms in total. The second-order valence-electron chi connectivity index (χ2n) is 8.15. The summed E-state index contributed by atoms with van der Waals surface area (Å²) in [4.78, 5) is 17.3. The van der Waals surface area contributed by atoms with Crippen LogP contribution in [0.25, 0.3) is 10.8 Å². The molecule has 3 aromatic rings. The van der Waals surface area contributed by atoms with Crippen molar-refractivity contribution < 1.29 is 9.53 Å². The monoisotopic (exact) mass is 475 g/mol. The van der Waals surface area contributed by atoms with Crippen LogP contribution in [-0.2, 0) is 4.79 Å². The fraction of sp³-hybridized carbons (Fsp3) is 0.231. The second-order valence-corrected chi connectivity index (χ2v) is 9.49. The number of hydrogen-bond acceptors (Lipinski definition) is 5. The number of thioether (sulfide) groups is 1. The fourth-order valence-electron chi connectivity index (χ4n) is 4.71. The summed E-state index contributed by atoms with van der Waals surface area (Å²) in [5, 5.41) is 13.7. The van der Waals surface area contributed by atoms with E-state index in [1.54, 1.807) is 12.0 Å². The van der Waals surface area contributed by atoms with Crippen molar-refractivity contribution in [1.29, 1.82) is 5.26 Å². The molecule has 2 aliphatic rings. The highest BCUT2D eigenvalue weighted by atomic mass is 35.5. The number of carbonyl (C=O) groups excluding carboxylic acids is 1. The van der Waals surface area contributed by atoms with Gasteiger partial charge in [0.15, 0.2) is 0 Å². The van der Waals surface area contributed by atoms with Crippen LogP contribution in [0.2, 0.25) is 5.02 Å². The molecule has 0 aromatic heterocycles. The third kappa shape index (κ3) is 3.62. The first kappa shape index (κ1) is 21.7. The van der Waals surface area contributed by atoms with Gasteiger partial charge in [-0.2, -0.15) is 5.26 Å². The minimum absolute atomic E-state index is 0.000804. The minimum Gasteiger partial charge on any atom is -0.496 e. The van der Waals surface area contributed by atoms with E-state index in [9.17, 15) is 10.1 Å². The van der Waals surface area contributed by atoms with E-state index in [1.807, 2.05) is 61.5 Å². The number of nitrogens with zero attached hydrogens (tertiary/aromatic N) is 3. The number of ether oxygens (including phenoxy) is 1. The third-order valence-corrected chi connectivity index (χ3v) is 7.94. The Balaban J connectivity index is 1.58. The highest BCUT2D eigenvalue weighted by Gasteiger charge is 2.40. The smallest absolute Gasteiger partial charge is 0.229 e. The summed E-state index contributed by atoms with van der Waals surface area (Å²) in [6, 6.07) is 20.2. The number of methoxy groups -OCH3 is 1. The number of halogens is 1. The molecule has 0 spiro atoms. The van der Waals surface area contributed by atoms with Gasteiger partial charge < -0.3 is 9.64 Å². The predicted molar refractivity (Wildman–Crippen MR) is 133 cm³/mol. The van der Waals surface area contributed by atoms with Crippen LogP contribution in [0.5, 0.6) is 5.75 Å². The lowest BCUT2D eigenvalue weighted by atomic mass is 9.83. The van der Waals surface area contributed by atoms with E-state index in [0.717, 1.165) is 32.6 Å². The van der Waals surface area contributed by atoms with Crippen LogP contribution in [0.1, 0.15) is 23.5 Å². The minimum atomic E-state index is -0.346. The molecule has 3 aromatic carbocycles. The van der Waals surface area contributed by atoms with Gasteiger partial charge in [-0.05, 0) is 41.5 Å². The lowest BCUT2D eigenvalue weighted by Crippen LogP contribution is -2.47. The number of allylic oxidation sites excluding steroid dienone is 1. The number of amides is 1. The molecule has 1 atom stereocenters. The number of fused-ring (bicyclic) bond motifs is 2. The van der Waals surface area contributed by atoms with Gasteiger partial charge in [-0.15, -0.1) is 0 Å². The van der Waals surface area contributed by atoms with Gasteiger partial charge in [-0.1, -0.05) is 59.8 Å². The Morgan fingerprint density at radius 1 is 1.15 bits per heavy atom. The van der Waals surface area contributed by atoms with E-state index in [4.69, 9.17) is 16.3 Å². The Bertz CT molecular complexity index is 1350. The molecular formula is C26H22ClN3O2S. The van der Waals surface area contributed by atoms with Crippen LogP contribution in [0.3, 0.4) is 0 Å². The summed E-state index contributed by atoms with van der Waals surface area (Å²) in [7, 11) is 1.63. The molecule has 0 saturated carbocycles. The number of benzene rings is 3. The Morgan fingerprint density at radius 3 is 2.76 bits per heavy atom. The molecule has 0 N–H and O–H groups in total. The Labute approximate surface area is 202 Å². The lowest BCUT2D eigenvalue weighted by Gasteiger charge is -2.42. The molecule has 1 saturated heterocycles. The van der Waals surface area contributed by atoms with Crippen LogP contribution < -0.4 is 9.64 Å². The van der Waals surface area contributed by atoms with Crippen molar-refractivity contribution in [2.45, 2.75) is 19.3 Å². The van der Waals surface area contributed by atoms with Crippen molar-refractivity contribution in [3.63, 3.8) is 0 Å². The second kappa shape index (κ2) is 8.66. The summed E-state index contributed by atoms with van der Waals surface area (Å²) < 4.78 is 5.69. The van der Waals surface area contributed by atoms with Gasteiger partial charge in [0.05, 0.1) is 36.3 Å². The average Bonchev–Trinajstić information content (AvgIpc) is 2.84. The van der Waals surface area contributed by atoms with E-state index >= 15 is 0 Å². The Morgan fingerprint density at radius 2 is 1.97 bits per heavy atom. The van der Waals surface area contributed by atoms with E-state index < -0.39 is 0 Å². The van der Waals surface area contributed by atoms with E-state index in [0.29, 0.717) is 28.9 Å². The third-order valence-electron chi connectivity index (χ3n) is 6.37. The average molecular weight is 476 g/mol. The molecule has 166 valence electrons. The highest BCUT2D eigenvalue weighted by molar-refractivity contribution is 8.03. The van der Waals surface area contributed by atoms with Gasteiger partial charge in [0.25, 0.3) is 0 Å². The molecule has 7 heteroatoms. The zero-order chi connectivity index (χ0) is 23.1. The largest absolute Gasteiger partial charge is 0.496 e. The van der Waals surface area contributed by atoms with Crippen molar-refractivity contribution in [2.75, 3.05) is 24.6 Å². The van der Waals surface area contributed by atoms with Crippen LogP contribution in [0, 0.1) is 18.3 Å². The van der Waals surface area contributed by atoms with E-state index in [1.165, 1.54) is 11.8 Å². The molecule has 0 radical (unpaired) electrons. The SMILES string of the molecule is COc1ccc2ccccc2c1C1CC(=O)N2CN(c3cccc(Cl)c3C)CSC2=C1C#N. The number of nitriles is 1. The maximum absolute atomic E-state index is 13.4. The molecule has 2 aliphatic heterocycles. The molecular weight excluding hydrogens is 454 g/mol. The van der Waals surface area contributed by atoms with Gasteiger partial charge in [0, 0.05) is 28.6 Å². The standard InChI is InChI=1S/C26H22ClN3O2S/c1-16-21(27)8-5-9-22(16)29-14-30-24(31)12-19(20(13-28)26(30)33-15-29)25-18-7-4-3-6-17(18)10-11-23(25)32-2/h3-11,19H,12,14-15H2,1-2H3. The first-order valence-corrected chi connectivity index (χ1v) is 12.0. The first-order valence-electron chi connectivity index (χ1n) is 10.7. The van der Waals surface area contributed by atoms with Gasteiger partial charge in [0.2, 0.25) is 5.91 Å². The summed E-state index contributed by atoms with van der Waals surface area (Å²) in [5.74, 6) is 0.984. The van der Waals surface area contributed by atoms with E-state index in [-0.39, 0.29) is 18.2 Å². The summed E-state index contributed by atoms with van der Waals surface area (Å²) >= 11 is 7.85. The number of hydrogen-bond donors (Lipinski definition) is 0. The van der Waals surface area contributed by atoms with Crippen LogP contribution in [-0.4, -0.2) is 30.5 Å². The fourth-order valence-corrected chi connectivity index (χ4v) is 6.04. The summed E-state index contributed by atoms with van der Waals surface area (Å²) in [6.07, 6.45) is 0.222. The van der Waals surface area contributed by atoms with Gasteiger partial charge >= 0.3 is 0 Å². The molecule has 5 rings (SSSR count). The quantitative estimate of drug-likeness (QED) is 0.463. The first-order chi connectivity index (χ1) is 16.0. The molecule has 1 unspecified atom stereocenters. The van der Waals surface area contributed by atoms with Crippen molar-refractivity contribution in [2.24, 2.45) is 0 Å². The number of anilines is 1. The Kier molecular flexibility index (Phi) is 5.69. The highest BCUT2D eigenvalue weighted by Crippen LogP contribution is 2.47. The number of rotatable bonds is 3. The molecule has 0 bridgehead atoms. The van der Waals surface area contributed by atoms with Crippen molar-refractivity contribution in [3.05, 3.63) is 81.3 Å². The summed E-state index contributed by atoms with van der Waals surface area (Å²) in [5.41, 5.74) is 3.51. The Hall–Kier alpha value is -3.14. The molecule has 2 heterocycles. The zero-order valence-corrected chi connectivity index (χ0v) is 19.9. The molecule has 33 heavy (non-hydrogen) atoms. The maximum atomic E-state index is 13.4. The molecule has 1 amide bonds. The zero-order valence-electron chi connectivity index (χ0n) is 18.3. The predicted octanol–water partition coefficient (Wildman–Crippen LogP) is 6.03. The lowest BCUT2D eigenvalue weighted by molar-refractivity contribution is -0.129. The van der Waals surface area contributed by atoms with Gasteiger partial charge in [-0.25, -0.2) is 0 Å². The summed E-state index contributed by atoms with van der Waals surface area (Å²) in [6.45, 7) is 2.38. The van der Waals surface area contributed by atoms with Crippen molar-refractivity contribution >= 4 is 45.7 Å². The van der Waals surface area contributed by atoms with Gasteiger partial charge in [0.1, 0.15) is 5.75 Å². The normalized spacial score (nSPS) is 18.4. The molecule has 1 fully saturated rings. The molecule has 0 aliphatic carbocycles. The maximum Gasteiger partial charge on any atom is 0.229 e. The van der Waals surface area contributed by atoms with Crippen molar-refractivity contribution in [1.82, 2.24) is 4.90 Å². The van der Waals surface area contributed by atoms with E-state index in [2.05, 4.69) is 11.0 Å². The van der Waals surface area contributed by atoms with Crippen LogP contribution >= 0.6 is 23.4 Å².